The molecule has 4 atom stereocenters. The molecule has 8 rings (SSSR count). The van der Waals surface area contributed by atoms with Gasteiger partial charge in [-0.1, -0.05) is 59.8 Å². The van der Waals surface area contributed by atoms with Gasteiger partial charge in [0.15, 0.2) is 17.2 Å². The highest BCUT2D eigenvalue weighted by Gasteiger charge is 2.40. The third-order valence-electron chi connectivity index (χ3n) is 10.1. The average Bonchev–Trinajstić information content (AvgIpc) is 3.15. The van der Waals surface area contributed by atoms with Crippen molar-refractivity contribution in [3.8, 4) is 11.8 Å². The van der Waals surface area contributed by atoms with Crippen LogP contribution in [0, 0.1) is 36.8 Å². The molecule has 0 radical (unpaired) electrons. The van der Waals surface area contributed by atoms with Crippen molar-refractivity contribution >= 4 is 69.2 Å². The van der Waals surface area contributed by atoms with Crippen LogP contribution < -0.4 is 20.1 Å². The van der Waals surface area contributed by atoms with E-state index in [1.165, 1.54) is 25.5 Å². The second kappa shape index (κ2) is 17.1. The van der Waals surface area contributed by atoms with E-state index in [1.54, 1.807) is 42.5 Å². The van der Waals surface area contributed by atoms with Crippen molar-refractivity contribution in [3.05, 3.63) is 93.0 Å². The SMILES string of the molecule is [C-]#[N+]c1ccc(Nc2cc(OC3C4CCCC3COC4)ncn2)c(Cl)c1.[C-]#[N+]c1ccc(Nc2ncnc(OC3C4CCCC3COC4)c2Cl)c(Cl)c1. The Kier molecular flexibility index (Phi) is 11.9. The monoisotopic (exact) mass is 774 g/mol. The highest BCUT2D eigenvalue weighted by atomic mass is 35.5. The summed E-state index contributed by atoms with van der Waals surface area (Å²) in [5, 5.41) is 7.46. The molecule has 274 valence electrons. The maximum absolute atomic E-state index is 7.05. The Morgan fingerprint density at radius 1 is 0.642 bits per heavy atom. The average molecular weight is 776 g/mol. The number of hydrogen-bond acceptors (Lipinski definition) is 10. The van der Waals surface area contributed by atoms with Crippen LogP contribution in [0.15, 0.2) is 55.1 Å². The van der Waals surface area contributed by atoms with Crippen LogP contribution in [0.5, 0.6) is 11.8 Å². The maximum atomic E-state index is 7.05. The fraction of sp³-hybridized carbons (Fsp3) is 0.421. The first-order valence-electron chi connectivity index (χ1n) is 17.6. The quantitative estimate of drug-likeness (QED) is 0.167. The predicted molar refractivity (Wildman–Crippen MR) is 203 cm³/mol. The van der Waals surface area contributed by atoms with Gasteiger partial charge in [-0.25, -0.2) is 29.6 Å². The molecule has 2 aromatic carbocycles. The van der Waals surface area contributed by atoms with Gasteiger partial charge in [-0.15, -0.1) is 0 Å². The standard InChI is InChI=1S/C19H18Cl2N4O2.C19H19ClN4O2/c1-22-13-5-6-15(14(20)7-13)25-18-16(21)19(24-10-23-18)27-17-11-3-2-4-12(17)9-26-8-11;1-21-14-5-6-16(15(20)7-14)24-17-8-18(23-11-22-17)26-19-12-3-2-4-13(19)10-25-9-12/h5-7,10-12,17H,2-4,8-9H2,(H,23,24,25);5-8,11-13,19H,2-4,9-10H2,(H,22,23,24). The molecule has 15 heteroatoms. The summed E-state index contributed by atoms with van der Waals surface area (Å²) in [7, 11) is 0. The van der Waals surface area contributed by atoms with Crippen LogP contribution >= 0.6 is 34.8 Å². The van der Waals surface area contributed by atoms with Gasteiger partial charge in [0.2, 0.25) is 11.8 Å². The molecule has 2 aliphatic carbocycles. The Morgan fingerprint density at radius 3 is 1.72 bits per heavy atom. The van der Waals surface area contributed by atoms with E-state index in [4.69, 9.17) is 66.9 Å². The lowest BCUT2D eigenvalue weighted by molar-refractivity contribution is -0.0919. The summed E-state index contributed by atoms with van der Waals surface area (Å²) in [6.07, 6.45) is 10.0. The normalized spacial score (nSPS) is 24.3. The first-order valence-corrected chi connectivity index (χ1v) is 18.7. The van der Waals surface area contributed by atoms with Crippen molar-refractivity contribution in [1.29, 1.82) is 0 Å². The summed E-state index contributed by atoms with van der Waals surface area (Å²) >= 11 is 19.0. The van der Waals surface area contributed by atoms with Crippen molar-refractivity contribution in [2.24, 2.45) is 23.7 Å². The summed E-state index contributed by atoms with van der Waals surface area (Å²) in [4.78, 5) is 23.7. The molecule has 2 saturated heterocycles. The lowest BCUT2D eigenvalue weighted by atomic mass is 9.78. The molecule has 4 aliphatic rings. The van der Waals surface area contributed by atoms with Crippen LogP contribution in [-0.4, -0.2) is 58.6 Å². The number of fused-ring (bicyclic) bond motifs is 4. The van der Waals surface area contributed by atoms with Crippen molar-refractivity contribution < 1.29 is 18.9 Å². The number of aromatic nitrogens is 4. The predicted octanol–water partition coefficient (Wildman–Crippen LogP) is 9.89. The molecule has 2 saturated carbocycles. The van der Waals surface area contributed by atoms with E-state index in [0.717, 1.165) is 52.1 Å². The summed E-state index contributed by atoms with van der Waals surface area (Å²) in [5.74, 6) is 3.55. The summed E-state index contributed by atoms with van der Waals surface area (Å²) in [6.45, 7) is 17.1. The van der Waals surface area contributed by atoms with E-state index < -0.39 is 0 Å². The Bertz CT molecular complexity index is 1970. The minimum atomic E-state index is 0.0642. The molecular formula is C38H37Cl3N8O4. The second-order valence-electron chi connectivity index (χ2n) is 13.5. The molecule has 2 aromatic heterocycles. The minimum Gasteiger partial charge on any atom is -0.473 e. The Hall–Kier alpha value is -4.43. The van der Waals surface area contributed by atoms with Crippen LogP contribution in [0.4, 0.5) is 34.4 Å². The van der Waals surface area contributed by atoms with E-state index in [9.17, 15) is 0 Å². The van der Waals surface area contributed by atoms with E-state index in [1.807, 2.05) is 0 Å². The molecule has 4 bridgehead atoms. The van der Waals surface area contributed by atoms with E-state index in [-0.39, 0.29) is 12.2 Å². The number of nitrogens with zero attached hydrogens (tertiary/aromatic N) is 6. The molecule has 0 amide bonds. The van der Waals surface area contributed by atoms with E-state index in [0.29, 0.717) is 84.9 Å². The third-order valence-corrected chi connectivity index (χ3v) is 11.0. The van der Waals surface area contributed by atoms with Gasteiger partial charge in [-0.05, 0) is 49.9 Å². The topological polar surface area (TPSA) is 121 Å². The summed E-state index contributed by atoms with van der Waals surface area (Å²) < 4.78 is 23.8. The lowest BCUT2D eigenvalue weighted by Gasteiger charge is -2.41. The van der Waals surface area contributed by atoms with Crippen LogP contribution in [0.3, 0.4) is 0 Å². The third kappa shape index (κ3) is 8.86. The first-order chi connectivity index (χ1) is 25.9. The number of rotatable bonds is 8. The Morgan fingerprint density at radius 2 is 1.17 bits per heavy atom. The fourth-order valence-electron chi connectivity index (χ4n) is 7.43. The minimum absolute atomic E-state index is 0.0642. The van der Waals surface area contributed by atoms with Crippen LogP contribution in [0.2, 0.25) is 15.1 Å². The van der Waals surface area contributed by atoms with Gasteiger partial charge in [0.25, 0.3) is 0 Å². The number of ether oxygens (including phenoxy) is 4. The van der Waals surface area contributed by atoms with Gasteiger partial charge in [0, 0.05) is 29.7 Å². The lowest BCUT2D eigenvalue weighted by Crippen LogP contribution is -2.46. The van der Waals surface area contributed by atoms with Gasteiger partial charge in [-0.3, -0.25) is 0 Å². The maximum Gasteiger partial charge on any atom is 0.238 e. The molecular weight excluding hydrogens is 739 g/mol. The molecule has 4 fully saturated rings. The molecule has 53 heavy (non-hydrogen) atoms. The zero-order chi connectivity index (χ0) is 36.7. The zero-order valence-electron chi connectivity index (χ0n) is 28.7. The van der Waals surface area contributed by atoms with E-state index >= 15 is 0 Å². The first kappa shape index (κ1) is 36.9. The molecule has 4 unspecified atom stereocenters. The summed E-state index contributed by atoms with van der Waals surface area (Å²) in [6, 6.07) is 11.9. The fourth-order valence-corrected chi connectivity index (χ4v) is 8.06. The van der Waals surface area contributed by atoms with Gasteiger partial charge >= 0.3 is 0 Å². The van der Waals surface area contributed by atoms with Crippen LogP contribution in [-0.2, 0) is 9.47 Å². The highest BCUT2D eigenvalue weighted by Crippen LogP contribution is 2.40. The number of anilines is 4. The van der Waals surface area contributed by atoms with Crippen molar-refractivity contribution in [3.63, 3.8) is 0 Å². The van der Waals surface area contributed by atoms with Gasteiger partial charge in [0.1, 0.15) is 35.7 Å². The molecule has 4 heterocycles. The Labute approximate surface area is 323 Å². The molecule has 2 N–H and O–H groups in total. The largest absolute Gasteiger partial charge is 0.473 e. The number of halogens is 3. The smallest absolute Gasteiger partial charge is 0.238 e. The van der Waals surface area contributed by atoms with Gasteiger partial charge in [-0.2, -0.15) is 0 Å². The van der Waals surface area contributed by atoms with E-state index in [2.05, 4.69) is 40.3 Å². The van der Waals surface area contributed by atoms with Crippen molar-refractivity contribution in [2.45, 2.75) is 50.7 Å². The van der Waals surface area contributed by atoms with Crippen LogP contribution in [0.25, 0.3) is 9.69 Å². The summed E-state index contributed by atoms with van der Waals surface area (Å²) in [5.41, 5.74) is 2.26. The zero-order valence-corrected chi connectivity index (χ0v) is 30.9. The molecule has 0 spiro atoms. The number of nitrogens with one attached hydrogen (secondary N) is 2. The number of hydrogen-bond donors (Lipinski definition) is 2. The van der Waals surface area contributed by atoms with Crippen molar-refractivity contribution in [2.75, 3.05) is 37.1 Å². The van der Waals surface area contributed by atoms with Gasteiger partial charge < -0.3 is 29.6 Å². The van der Waals surface area contributed by atoms with Crippen LogP contribution in [0.1, 0.15) is 38.5 Å². The highest BCUT2D eigenvalue weighted by molar-refractivity contribution is 6.35. The Balaban J connectivity index is 0.000000164. The van der Waals surface area contributed by atoms with Gasteiger partial charge in [0.05, 0.1) is 61.0 Å². The number of benzene rings is 2. The molecule has 12 nitrogen and oxygen atoms in total. The molecule has 4 aromatic rings. The second-order valence-corrected chi connectivity index (χ2v) is 14.7. The van der Waals surface area contributed by atoms with Crippen molar-refractivity contribution in [1.82, 2.24) is 19.9 Å². The molecule has 2 aliphatic heterocycles.